The van der Waals surface area contributed by atoms with Gasteiger partial charge in [-0.25, -0.2) is 18.2 Å². The number of alkyl carbamates (subject to hydrolysis) is 1. The van der Waals surface area contributed by atoms with Gasteiger partial charge in [-0.2, -0.15) is 13.2 Å². The number of hydrogen-bond donors (Lipinski definition) is 3. The second kappa shape index (κ2) is 16.6. The topological polar surface area (TPSA) is 182 Å². The minimum Gasteiger partial charge on any atom is -0.494 e. The van der Waals surface area contributed by atoms with Crippen molar-refractivity contribution in [2.45, 2.75) is 127 Å². The number of sulfonamides is 1. The smallest absolute Gasteiger partial charge is 0.427 e. The Hall–Kier alpha value is -4.61. The number of benzene rings is 1. The molecule has 4 aliphatic rings. The van der Waals surface area contributed by atoms with Gasteiger partial charge in [0.15, 0.2) is 0 Å². The quantitative estimate of drug-likeness (QED) is 0.239. The molecule has 2 aliphatic heterocycles. The summed E-state index contributed by atoms with van der Waals surface area (Å²) in [6, 6.07) is 4.43. The van der Waals surface area contributed by atoms with E-state index in [1.807, 2.05) is 26.0 Å². The number of amides is 4. The number of allylic oxidation sites excluding steroid dienone is 1. The Morgan fingerprint density at radius 3 is 2.53 bits per heavy atom. The number of hydrogen-bond acceptors (Lipinski definition) is 10. The highest BCUT2D eigenvalue weighted by Gasteiger charge is 2.62. The lowest BCUT2D eigenvalue weighted by Crippen LogP contribution is -2.59. The van der Waals surface area contributed by atoms with Gasteiger partial charge in [0.05, 0.1) is 18.4 Å². The third-order valence-corrected chi connectivity index (χ3v) is 13.2. The molecule has 3 heterocycles. The van der Waals surface area contributed by atoms with Crippen LogP contribution in [0.25, 0.3) is 10.8 Å². The fourth-order valence-electron chi connectivity index (χ4n) is 7.63. The van der Waals surface area contributed by atoms with Crippen molar-refractivity contribution in [3.8, 4) is 11.6 Å². The molecular formula is C40H58F3N5O9S. The highest BCUT2D eigenvalue weighted by atomic mass is 32.2. The lowest BCUT2D eigenvalue weighted by molar-refractivity contribution is -0.244. The zero-order valence-corrected chi connectivity index (χ0v) is 34.1. The molecule has 2 saturated carbocycles. The van der Waals surface area contributed by atoms with Gasteiger partial charge < -0.3 is 29.7 Å². The Kier molecular flexibility index (Phi) is 12.3. The summed E-state index contributed by atoms with van der Waals surface area (Å²) in [5.41, 5.74) is -4.50. The van der Waals surface area contributed by atoms with Gasteiger partial charge in [-0.1, -0.05) is 32.9 Å². The van der Waals surface area contributed by atoms with Crippen molar-refractivity contribution >= 4 is 44.6 Å². The molecule has 7 atom stereocenters. The number of carbonyl (C=O) groups is 4. The van der Waals surface area contributed by atoms with Gasteiger partial charge in [0, 0.05) is 28.2 Å². The van der Waals surface area contributed by atoms with Crippen molar-refractivity contribution < 1.29 is 59.3 Å². The molecule has 14 nitrogen and oxygen atoms in total. The van der Waals surface area contributed by atoms with Crippen molar-refractivity contribution in [1.82, 2.24) is 25.2 Å². The first kappa shape index (κ1) is 43.0. The Morgan fingerprint density at radius 1 is 1.10 bits per heavy atom. The van der Waals surface area contributed by atoms with Crippen molar-refractivity contribution in [3.63, 3.8) is 0 Å². The first-order valence-electron chi connectivity index (χ1n) is 19.8. The molecule has 0 spiro atoms. The minimum atomic E-state index is -4.91. The van der Waals surface area contributed by atoms with Crippen LogP contribution in [0.4, 0.5) is 18.0 Å². The van der Waals surface area contributed by atoms with Crippen molar-refractivity contribution in [2.24, 2.45) is 17.8 Å². The monoisotopic (exact) mass is 841 g/mol. The van der Waals surface area contributed by atoms with E-state index in [1.165, 1.54) is 4.90 Å². The predicted octanol–water partition coefficient (Wildman–Crippen LogP) is 6.04. The van der Waals surface area contributed by atoms with Crippen LogP contribution in [0, 0.1) is 17.8 Å². The van der Waals surface area contributed by atoms with Gasteiger partial charge in [0.1, 0.15) is 29.5 Å². The molecule has 18 heteroatoms. The molecule has 1 saturated heterocycles. The maximum atomic E-state index is 14.7. The van der Waals surface area contributed by atoms with Gasteiger partial charge in [-0.05, 0) is 100 Å². The standard InChI is InChI=1S/C40H52F3N5O9S.3H2/c1-6-17-55-27-11-14-30-25(19-27)15-16-44-34(30)56-28-20-31-33(49)46-39(36(51)47-58(53,54)29-12-13-29)21-26(39)10-8-7-9-23(2)18-24(3)32(35(50)48(31)22-28)45-37(52)57-38(4,5)40(41,42)43;;;/h8,10-11,14-16,19,23-24,26,28-29,31-32H,6-7,9,12-13,17-18,20-22H2,1-5H3,(H,45,52)(H,46,49)(H,47,51);3*1H/b10-8-;;;/t23-,24+,26+,28+,31-,32?,39+;;;/m0.../s1. The molecule has 6 rings (SSSR count). The molecule has 1 unspecified atom stereocenters. The molecule has 2 aromatic rings. The molecule has 58 heavy (non-hydrogen) atoms. The fraction of sp³-hybridized carbons (Fsp3) is 0.625. The normalized spacial score (nSPS) is 28.9. The van der Waals surface area contributed by atoms with E-state index in [0.29, 0.717) is 63.7 Å². The SMILES string of the molecule is CCCOc1ccc2c(O[C@@H]3C[C@H]4C(=O)N[C@]5(C(=O)NS(=O)(=O)C6CC6)C[C@H]5/C=C\CC[C@H](C)C[C@@H](C)C(NC(=O)OC(C)(C)C(F)(F)F)C(=O)N4C3)nccc2c1.[HH].[HH].[HH]. The third kappa shape index (κ3) is 9.47. The summed E-state index contributed by atoms with van der Waals surface area (Å²) >= 11 is 0. The Bertz CT molecular complexity index is 2060. The maximum Gasteiger partial charge on any atom is 0.427 e. The number of rotatable bonds is 10. The van der Waals surface area contributed by atoms with E-state index in [9.17, 15) is 40.8 Å². The van der Waals surface area contributed by atoms with Crippen LogP contribution in [0.5, 0.6) is 11.6 Å². The van der Waals surface area contributed by atoms with E-state index >= 15 is 0 Å². The van der Waals surface area contributed by atoms with Crippen LogP contribution in [-0.2, 0) is 29.1 Å². The van der Waals surface area contributed by atoms with Crippen LogP contribution >= 0.6 is 0 Å². The van der Waals surface area contributed by atoms with Crippen LogP contribution in [-0.4, -0.2) is 96.0 Å². The van der Waals surface area contributed by atoms with Crippen LogP contribution in [0.2, 0.25) is 0 Å². The van der Waals surface area contributed by atoms with Crippen molar-refractivity contribution in [3.05, 3.63) is 42.6 Å². The summed E-state index contributed by atoms with van der Waals surface area (Å²) in [7, 11) is -3.98. The second-order valence-corrected chi connectivity index (χ2v) is 18.6. The van der Waals surface area contributed by atoms with E-state index in [-0.39, 0.29) is 35.5 Å². The highest BCUT2D eigenvalue weighted by Crippen LogP contribution is 2.46. The number of fused-ring (bicyclic) bond motifs is 3. The Balaban J connectivity index is 0.00000331. The molecule has 0 radical (unpaired) electrons. The molecule has 3 N–H and O–H groups in total. The van der Waals surface area contributed by atoms with Crippen LogP contribution in [0.3, 0.4) is 0 Å². The zero-order valence-electron chi connectivity index (χ0n) is 33.3. The van der Waals surface area contributed by atoms with Gasteiger partial charge in [0.25, 0.3) is 5.91 Å². The van der Waals surface area contributed by atoms with Crippen LogP contribution < -0.4 is 24.8 Å². The van der Waals surface area contributed by atoms with E-state index in [0.717, 1.165) is 11.8 Å². The summed E-state index contributed by atoms with van der Waals surface area (Å²) in [4.78, 5) is 61.7. The summed E-state index contributed by atoms with van der Waals surface area (Å²) in [6.07, 6.45) is 1.16. The molecular weight excluding hydrogens is 784 g/mol. The average Bonchev–Trinajstić information content (AvgIpc) is 4.07. The van der Waals surface area contributed by atoms with Gasteiger partial charge >= 0.3 is 12.3 Å². The molecule has 2 aliphatic carbocycles. The van der Waals surface area contributed by atoms with E-state index < -0.39 is 86.4 Å². The number of alkyl halides is 3. The zero-order chi connectivity index (χ0) is 42.2. The predicted molar refractivity (Wildman–Crippen MR) is 212 cm³/mol. The van der Waals surface area contributed by atoms with Gasteiger partial charge in [-0.3, -0.25) is 19.1 Å². The molecule has 1 aromatic carbocycles. The average molecular weight is 842 g/mol. The third-order valence-electron chi connectivity index (χ3n) is 11.4. The lowest BCUT2D eigenvalue weighted by atomic mass is 9.88. The molecule has 4 amide bonds. The maximum absolute atomic E-state index is 14.7. The Labute approximate surface area is 340 Å². The molecule has 3 fully saturated rings. The van der Waals surface area contributed by atoms with Crippen molar-refractivity contribution in [1.29, 1.82) is 0 Å². The van der Waals surface area contributed by atoms with E-state index in [4.69, 9.17) is 14.2 Å². The first-order valence-corrected chi connectivity index (χ1v) is 21.4. The van der Waals surface area contributed by atoms with Crippen LogP contribution in [0.1, 0.15) is 90.3 Å². The van der Waals surface area contributed by atoms with Crippen molar-refractivity contribution in [2.75, 3.05) is 13.2 Å². The molecule has 0 bridgehead atoms. The number of nitrogens with zero attached hydrogens (tertiary/aromatic N) is 2. The summed E-state index contributed by atoms with van der Waals surface area (Å²) in [6.45, 7) is 7.34. The van der Waals surface area contributed by atoms with E-state index in [2.05, 4.69) is 20.3 Å². The first-order chi connectivity index (χ1) is 27.2. The largest absolute Gasteiger partial charge is 0.494 e. The number of carbonyl (C=O) groups excluding carboxylic acids is 4. The highest BCUT2D eigenvalue weighted by molar-refractivity contribution is 7.91. The lowest BCUT2D eigenvalue weighted by Gasteiger charge is -2.34. The summed E-state index contributed by atoms with van der Waals surface area (Å²) in [5.74, 6) is -2.76. The molecule has 324 valence electrons. The number of halogens is 3. The fourth-order valence-corrected chi connectivity index (χ4v) is 9.00. The number of nitrogens with one attached hydrogen (secondary N) is 3. The van der Waals surface area contributed by atoms with Crippen LogP contribution in [0.15, 0.2) is 42.6 Å². The Morgan fingerprint density at radius 2 is 1.84 bits per heavy atom. The number of aromatic nitrogens is 1. The van der Waals surface area contributed by atoms with Gasteiger partial charge in [0.2, 0.25) is 33.3 Å². The summed E-state index contributed by atoms with van der Waals surface area (Å²) in [5, 5.41) is 5.87. The van der Waals surface area contributed by atoms with Gasteiger partial charge in [-0.15, -0.1) is 0 Å². The van der Waals surface area contributed by atoms with E-state index in [1.54, 1.807) is 37.4 Å². The number of ether oxygens (including phenoxy) is 3. The number of pyridine rings is 1. The second-order valence-electron chi connectivity index (χ2n) is 16.6. The summed E-state index contributed by atoms with van der Waals surface area (Å²) < 4.78 is 86.1. The molecule has 1 aromatic heterocycles. The minimum absolute atomic E-state index is 0.